The molecule has 25 heavy (non-hydrogen) atoms. The van der Waals surface area contributed by atoms with Gasteiger partial charge in [-0.15, -0.1) is 5.06 Å². The van der Waals surface area contributed by atoms with E-state index in [1.807, 2.05) is 50.1 Å². The minimum atomic E-state index is -0.608. The van der Waals surface area contributed by atoms with Gasteiger partial charge < -0.3 is 19.6 Å². The van der Waals surface area contributed by atoms with E-state index < -0.39 is 11.8 Å². The summed E-state index contributed by atoms with van der Waals surface area (Å²) in [4.78, 5) is 17.5. The summed E-state index contributed by atoms with van der Waals surface area (Å²) < 4.78 is 10.6. The maximum atomic E-state index is 12.0. The van der Waals surface area contributed by atoms with E-state index in [9.17, 15) is 4.79 Å². The van der Waals surface area contributed by atoms with Crippen molar-refractivity contribution in [3.63, 3.8) is 0 Å². The Labute approximate surface area is 149 Å². The second-order valence-corrected chi connectivity index (χ2v) is 7.85. The number of piperidine rings is 1. The second-order valence-electron chi connectivity index (χ2n) is 7.85. The summed E-state index contributed by atoms with van der Waals surface area (Å²) in [6, 6.07) is 8.83. The van der Waals surface area contributed by atoms with Crippen molar-refractivity contribution in [3.05, 3.63) is 24.3 Å². The van der Waals surface area contributed by atoms with Crippen molar-refractivity contribution in [2.45, 2.75) is 70.2 Å². The third-order valence-electron chi connectivity index (χ3n) is 4.68. The molecule has 0 amide bonds. The quantitative estimate of drug-likeness (QED) is 0.831. The Hall–Kier alpha value is -1.95. The largest absolute Gasteiger partial charge is 0.528 e. The molecule has 6 nitrogen and oxygen atoms in total. The number of ether oxygens (including phenoxy) is 2. The molecular weight excluding hydrogens is 320 g/mol. The van der Waals surface area contributed by atoms with Crippen molar-refractivity contribution in [3.8, 4) is 5.75 Å². The van der Waals surface area contributed by atoms with E-state index in [4.69, 9.17) is 14.3 Å². The molecule has 2 fully saturated rings. The molecule has 3 rings (SSSR count). The van der Waals surface area contributed by atoms with Gasteiger partial charge in [-0.05, 0) is 58.6 Å². The lowest BCUT2D eigenvalue weighted by Gasteiger charge is -2.37. The first kappa shape index (κ1) is 17.9. The highest BCUT2D eigenvalue weighted by atomic mass is 16.8. The Morgan fingerprint density at radius 3 is 2.48 bits per heavy atom. The molecular formula is C19H28N2O4. The number of rotatable bonds is 4. The number of benzene rings is 1. The summed E-state index contributed by atoms with van der Waals surface area (Å²) in [5.41, 5.74) is 0.521. The first-order valence-electron chi connectivity index (χ1n) is 8.94. The molecule has 2 aliphatic heterocycles. The zero-order valence-electron chi connectivity index (χ0n) is 15.5. The third kappa shape index (κ3) is 4.57. The Balaban J connectivity index is 1.57. The highest BCUT2D eigenvalue weighted by Gasteiger charge is 2.44. The highest BCUT2D eigenvalue weighted by Crippen LogP contribution is 2.37. The van der Waals surface area contributed by atoms with Crippen LogP contribution in [-0.4, -0.2) is 42.1 Å². The number of methoxy groups -OCH3 is 1. The molecule has 0 saturated carbocycles. The van der Waals surface area contributed by atoms with Gasteiger partial charge in [0.2, 0.25) is 0 Å². The molecule has 2 unspecified atom stereocenters. The summed E-state index contributed by atoms with van der Waals surface area (Å²) in [5, 5.41) is 5.45. The van der Waals surface area contributed by atoms with Gasteiger partial charge >= 0.3 is 6.16 Å². The van der Waals surface area contributed by atoms with Crippen molar-refractivity contribution >= 4 is 11.8 Å². The van der Waals surface area contributed by atoms with Crippen LogP contribution in [0.3, 0.4) is 0 Å². The number of fused-ring (bicyclic) bond motifs is 2. The molecule has 2 saturated heterocycles. The van der Waals surface area contributed by atoms with Gasteiger partial charge in [0, 0.05) is 29.9 Å². The summed E-state index contributed by atoms with van der Waals surface area (Å²) in [7, 11) is 1.67. The number of carbonyl (C=O) groups is 1. The predicted molar refractivity (Wildman–Crippen MR) is 95.6 cm³/mol. The number of nitrogens with zero attached hydrogens (tertiary/aromatic N) is 1. The topological polar surface area (TPSA) is 60.0 Å². The number of carbonyl (C=O) groups excluding carboxylic acids is 1. The lowest BCUT2D eigenvalue weighted by atomic mass is 9.99. The monoisotopic (exact) mass is 348 g/mol. The van der Waals surface area contributed by atoms with Crippen LogP contribution in [0.5, 0.6) is 5.75 Å². The summed E-state index contributed by atoms with van der Waals surface area (Å²) in [6.07, 6.45) is 3.36. The molecule has 1 aromatic carbocycles. The molecule has 2 bridgehead atoms. The lowest BCUT2D eigenvalue weighted by Crippen LogP contribution is -2.48. The molecule has 1 aromatic rings. The standard InChI is InChI=1S/C19H28N2O4/c1-19(2,3)24-18(22)25-21-15-8-9-16(21)11-14(10-15)20-13-6-5-7-17(12-13)23-4/h5-7,12,14-16,20H,8-11H2,1-4H3. The SMILES string of the molecule is COc1cccc(NC2CC3CCC(C2)N3OC(=O)OC(C)(C)C)c1. The Bertz CT molecular complexity index is 600. The highest BCUT2D eigenvalue weighted by molar-refractivity contribution is 5.60. The predicted octanol–water partition coefficient (Wildman–Crippen LogP) is 3.97. The summed E-state index contributed by atoms with van der Waals surface area (Å²) in [6.45, 7) is 5.52. The van der Waals surface area contributed by atoms with E-state index in [1.54, 1.807) is 7.11 Å². The average molecular weight is 348 g/mol. The molecule has 0 aliphatic carbocycles. The van der Waals surface area contributed by atoms with Crippen LogP contribution in [0.1, 0.15) is 46.5 Å². The van der Waals surface area contributed by atoms with Crippen LogP contribution in [0.25, 0.3) is 0 Å². The van der Waals surface area contributed by atoms with E-state index in [0.29, 0.717) is 6.04 Å². The third-order valence-corrected chi connectivity index (χ3v) is 4.68. The van der Waals surface area contributed by atoms with Gasteiger partial charge in [0.1, 0.15) is 11.4 Å². The van der Waals surface area contributed by atoms with Crippen LogP contribution < -0.4 is 10.1 Å². The summed E-state index contributed by atoms with van der Waals surface area (Å²) >= 11 is 0. The molecule has 138 valence electrons. The Morgan fingerprint density at radius 2 is 1.88 bits per heavy atom. The van der Waals surface area contributed by atoms with E-state index in [0.717, 1.165) is 37.1 Å². The van der Waals surface area contributed by atoms with Crippen molar-refractivity contribution in [1.29, 1.82) is 0 Å². The molecule has 1 N–H and O–H groups in total. The zero-order valence-corrected chi connectivity index (χ0v) is 15.5. The van der Waals surface area contributed by atoms with E-state index in [1.165, 1.54) is 0 Å². The van der Waals surface area contributed by atoms with Crippen molar-refractivity contribution in [2.75, 3.05) is 12.4 Å². The average Bonchev–Trinajstić information content (AvgIpc) is 2.76. The van der Waals surface area contributed by atoms with Crippen LogP contribution in [-0.2, 0) is 9.57 Å². The van der Waals surface area contributed by atoms with Gasteiger partial charge in [-0.1, -0.05) is 6.07 Å². The van der Waals surface area contributed by atoms with Gasteiger partial charge in [0.25, 0.3) is 0 Å². The van der Waals surface area contributed by atoms with Gasteiger partial charge in [-0.2, -0.15) is 0 Å². The normalized spacial score (nSPS) is 26.2. The second kappa shape index (κ2) is 7.12. The van der Waals surface area contributed by atoms with Gasteiger partial charge in [0.05, 0.1) is 7.11 Å². The lowest BCUT2D eigenvalue weighted by molar-refractivity contribution is -0.183. The maximum absolute atomic E-state index is 12.0. The van der Waals surface area contributed by atoms with Gasteiger partial charge in [-0.3, -0.25) is 0 Å². The molecule has 2 aliphatic rings. The van der Waals surface area contributed by atoms with Crippen LogP contribution >= 0.6 is 0 Å². The van der Waals surface area contributed by atoms with Crippen LogP contribution in [0, 0.1) is 0 Å². The Morgan fingerprint density at radius 1 is 1.20 bits per heavy atom. The van der Waals surface area contributed by atoms with Crippen LogP contribution in [0.2, 0.25) is 0 Å². The molecule has 0 radical (unpaired) electrons. The van der Waals surface area contributed by atoms with Crippen molar-refractivity contribution < 1.29 is 19.1 Å². The smallest absolute Gasteiger partial charge is 0.497 e. The van der Waals surface area contributed by atoms with Gasteiger partial charge in [0.15, 0.2) is 0 Å². The first-order valence-corrected chi connectivity index (χ1v) is 8.94. The molecule has 6 heteroatoms. The summed E-state index contributed by atoms with van der Waals surface area (Å²) in [5.74, 6) is 0.846. The van der Waals surface area contributed by atoms with E-state index >= 15 is 0 Å². The maximum Gasteiger partial charge on any atom is 0.528 e. The molecule has 2 atom stereocenters. The number of hydroxylamine groups is 2. The van der Waals surface area contributed by atoms with E-state index in [-0.39, 0.29) is 12.1 Å². The van der Waals surface area contributed by atoms with E-state index in [2.05, 4.69) is 5.32 Å². The van der Waals surface area contributed by atoms with Gasteiger partial charge in [-0.25, -0.2) is 4.79 Å². The minimum absolute atomic E-state index is 0.245. The minimum Gasteiger partial charge on any atom is -0.497 e. The number of anilines is 1. The molecule has 0 spiro atoms. The zero-order chi connectivity index (χ0) is 18.0. The Kier molecular flexibility index (Phi) is 5.08. The van der Waals surface area contributed by atoms with Crippen molar-refractivity contribution in [1.82, 2.24) is 5.06 Å². The van der Waals surface area contributed by atoms with Crippen molar-refractivity contribution in [2.24, 2.45) is 0 Å². The molecule has 0 aromatic heterocycles. The number of hydrogen-bond donors (Lipinski definition) is 1. The fourth-order valence-electron chi connectivity index (χ4n) is 3.70. The molecule has 2 heterocycles. The fourth-order valence-corrected chi connectivity index (χ4v) is 3.70. The first-order chi connectivity index (χ1) is 11.8. The number of nitrogens with one attached hydrogen (secondary N) is 1. The van der Waals surface area contributed by atoms with Crippen LogP contribution in [0.15, 0.2) is 24.3 Å². The fraction of sp³-hybridized carbons (Fsp3) is 0.632. The number of hydrogen-bond acceptors (Lipinski definition) is 6. The van der Waals surface area contributed by atoms with Crippen LogP contribution in [0.4, 0.5) is 10.5 Å².